The predicted molar refractivity (Wildman–Crippen MR) is 50.5 cm³/mol. The Morgan fingerprint density at radius 3 is 2.67 bits per heavy atom. The number of hydrogen-bond acceptors (Lipinski definition) is 0. The van der Waals surface area contributed by atoms with Crippen molar-refractivity contribution in [2.45, 2.75) is 20.3 Å². The highest BCUT2D eigenvalue weighted by Gasteiger charge is 2.02. The van der Waals surface area contributed by atoms with E-state index in [1.165, 1.54) is 6.07 Å². The molecule has 0 atom stereocenters. The van der Waals surface area contributed by atoms with Crippen LogP contribution in [-0.4, -0.2) is 0 Å². The molecule has 1 aromatic rings. The van der Waals surface area contributed by atoms with E-state index in [0.717, 1.165) is 17.6 Å². The van der Waals surface area contributed by atoms with Crippen LogP contribution >= 0.6 is 0 Å². The van der Waals surface area contributed by atoms with Gasteiger partial charge in [0.05, 0.1) is 0 Å². The van der Waals surface area contributed by atoms with E-state index in [2.05, 4.69) is 13.5 Å². The highest BCUT2D eigenvalue weighted by molar-refractivity contribution is 5.62. The summed E-state index contributed by atoms with van der Waals surface area (Å²) in [6, 6.07) is 5.17. The predicted octanol–water partition coefficient (Wildman–Crippen LogP) is 3.42. The maximum absolute atomic E-state index is 13.1. The maximum atomic E-state index is 13.1. The van der Waals surface area contributed by atoms with Crippen molar-refractivity contribution in [3.8, 4) is 0 Å². The topological polar surface area (TPSA) is 0 Å². The van der Waals surface area contributed by atoms with Crippen molar-refractivity contribution in [1.82, 2.24) is 0 Å². The Bertz CT molecular complexity index is 300. The summed E-state index contributed by atoms with van der Waals surface area (Å²) in [6.45, 7) is 7.59. The van der Waals surface area contributed by atoms with E-state index in [1.807, 2.05) is 19.1 Å². The first-order valence-electron chi connectivity index (χ1n) is 4.09. The van der Waals surface area contributed by atoms with Crippen LogP contribution in [0.5, 0.6) is 0 Å². The van der Waals surface area contributed by atoms with Gasteiger partial charge in [-0.05, 0) is 36.6 Å². The molecule has 0 fully saturated rings. The van der Waals surface area contributed by atoms with Crippen molar-refractivity contribution in [3.05, 3.63) is 41.7 Å². The molecule has 0 aliphatic heterocycles. The van der Waals surface area contributed by atoms with Gasteiger partial charge in [0, 0.05) is 5.56 Å². The minimum atomic E-state index is -0.181. The number of rotatable bonds is 2. The Morgan fingerprint density at radius 1 is 1.50 bits per heavy atom. The SMILES string of the molecule is C=C(C)c1cc(CC)ccc1F. The molecule has 0 saturated carbocycles. The van der Waals surface area contributed by atoms with E-state index in [1.54, 1.807) is 0 Å². The van der Waals surface area contributed by atoms with E-state index in [0.29, 0.717) is 5.56 Å². The lowest BCUT2D eigenvalue weighted by Crippen LogP contribution is -1.89. The van der Waals surface area contributed by atoms with Crippen LogP contribution in [-0.2, 0) is 6.42 Å². The third kappa shape index (κ3) is 1.73. The number of benzene rings is 1. The molecule has 12 heavy (non-hydrogen) atoms. The van der Waals surface area contributed by atoms with Gasteiger partial charge in [0.15, 0.2) is 0 Å². The Labute approximate surface area is 72.7 Å². The van der Waals surface area contributed by atoms with Crippen LogP contribution in [0, 0.1) is 5.82 Å². The van der Waals surface area contributed by atoms with Gasteiger partial charge in [0.25, 0.3) is 0 Å². The van der Waals surface area contributed by atoms with Crippen LogP contribution in [0.15, 0.2) is 24.8 Å². The lowest BCUT2D eigenvalue weighted by Gasteiger charge is -2.03. The van der Waals surface area contributed by atoms with E-state index in [-0.39, 0.29) is 5.82 Å². The zero-order valence-corrected chi connectivity index (χ0v) is 7.52. The number of allylic oxidation sites excluding steroid dienone is 1. The summed E-state index contributed by atoms with van der Waals surface area (Å²) in [4.78, 5) is 0. The molecule has 1 aromatic carbocycles. The molecule has 64 valence electrons. The lowest BCUT2D eigenvalue weighted by molar-refractivity contribution is 0.623. The Morgan fingerprint density at radius 2 is 2.17 bits per heavy atom. The van der Waals surface area contributed by atoms with Gasteiger partial charge < -0.3 is 0 Å². The summed E-state index contributed by atoms with van der Waals surface area (Å²) in [7, 11) is 0. The van der Waals surface area contributed by atoms with Gasteiger partial charge in [-0.1, -0.05) is 19.6 Å². The smallest absolute Gasteiger partial charge is 0.130 e. The molecule has 0 aliphatic rings. The second-order valence-electron chi connectivity index (χ2n) is 2.95. The van der Waals surface area contributed by atoms with Crippen molar-refractivity contribution in [3.63, 3.8) is 0 Å². The second kappa shape index (κ2) is 3.53. The van der Waals surface area contributed by atoms with E-state index in [4.69, 9.17) is 0 Å². The second-order valence-corrected chi connectivity index (χ2v) is 2.95. The molecule has 1 rings (SSSR count). The van der Waals surface area contributed by atoms with Gasteiger partial charge in [-0.2, -0.15) is 0 Å². The van der Waals surface area contributed by atoms with E-state index < -0.39 is 0 Å². The van der Waals surface area contributed by atoms with Crippen molar-refractivity contribution in [2.75, 3.05) is 0 Å². The number of halogens is 1. The molecule has 0 saturated heterocycles. The molecule has 0 spiro atoms. The van der Waals surface area contributed by atoms with Crippen LogP contribution in [0.25, 0.3) is 5.57 Å². The molecule has 1 heteroatoms. The molecule has 0 heterocycles. The van der Waals surface area contributed by atoms with Crippen LogP contribution < -0.4 is 0 Å². The standard InChI is InChI=1S/C11H13F/c1-4-9-5-6-11(12)10(7-9)8(2)3/h5-7H,2,4H2,1,3H3. The van der Waals surface area contributed by atoms with Crippen LogP contribution in [0.1, 0.15) is 25.0 Å². The number of hydrogen-bond donors (Lipinski definition) is 0. The molecule has 0 aliphatic carbocycles. The molecular formula is C11H13F. The molecule has 0 aromatic heterocycles. The average molecular weight is 164 g/mol. The maximum Gasteiger partial charge on any atom is 0.130 e. The molecule has 0 N–H and O–H groups in total. The highest BCUT2D eigenvalue weighted by atomic mass is 19.1. The lowest BCUT2D eigenvalue weighted by atomic mass is 10.0. The minimum Gasteiger partial charge on any atom is -0.206 e. The average Bonchev–Trinajstić information content (AvgIpc) is 2.05. The Hall–Kier alpha value is -1.11. The minimum absolute atomic E-state index is 0.181. The fourth-order valence-electron chi connectivity index (χ4n) is 1.12. The van der Waals surface area contributed by atoms with Crippen molar-refractivity contribution < 1.29 is 4.39 Å². The summed E-state index contributed by atoms with van der Waals surface area (Å²) in [5.74, 6) is -0.181. The van der Waals surface area contributed by atoms with E-state index in [9.17, 15) is 4.39 Å². The zero-order chi connectivity index (χ0) is 9.14. The van der Waals surface area contributed by atoms with Gasteiger partial charge in [-0.15, -0.1) is 0 Å². The third-order valence-corrected chi connectivity index (χ3v) is 1.90. The van der Waals surface area contributed by atoms with Gasteiger partial charge in [-0.3, -0.25) is 0 Å². The Kier molecular flexibility index (Phi) is 2.64. The first-order chi connectivity index (χ1) is 5.65. The van der Waals surface area contributed by atoms with Gasteiger partial charge in [0.1, 0.15) is 5.82 Å². The fourth-order valence-corrected chi connectivity index (χ4v) is 1.12. The molecule has 0 bridgehead atoms. The molecule has 0 nitrogen and oxygen atoms in total. The van der Waals surface area contributed by atoms with Crippen LogP contribution in [0.4, 0.5) is 4.39 Å². The first-order valence-corrected chi connectivity index (χ1v) is 4.09. The summed E-state index contributed by atoms with van der Waals surface area (Å²) in [6.07, 6.45) is 0.931. The zero-order valence-electron chi connectivity index (χ0n) is 7.52. The largest absolute Gasteiger partial charge is 0.206 e. The van der Waals surface area contributed by atoms with Gasteiger partial charge >= 0.3 is 0 Å². The molecule has 0 radical (unpaired) electrons. The summed E-state index contributed by atoms with van der Waals surface area (Å²) < 4.78 is 13.1. The number of aryl methyl sites for hydroxylation is 1. The Balaban J connectivity index is 3.17. The van der Waals surface area contributed by atoms with Crippen molar-refractivity contribution >= 4 is 5.57 Å². The highest BCUT2D eigenvalue weighted by Crippen LogP contribution is 2.17. The summed E-state index contributed by atoms with van der Waals surface area (Å²) >= 11 is 0. The van der Waals surface area contributed by atoms with Gasteiger partial charge in [-0.25, -0.2) is 4.39 Å². The van der Waals surface area contributed by atoms with Gasteiger partial charge in [0.2, 0.25) is 0 Å². The third-order valence-electron chi connectivity index (χ3n) is 1.90. The van der Waals surface area contributed by atoms with Crippen LogP contribution in [0.3, 0.4) is 0 Å². The van der Waals surface area contributed by atoms with Crippen molar-refractivity contribution in [1.29, 1.82) is 0 Å². The normalized spacial score (nSPS) is 9.92. The van der Waals surface area contributed by atoms with Crippen LogP contribution in [0.2, 0.25) is 0 Å². The summed E-state index contributed by atoms with van der Waals surface area (Å²) in [5.41, 5.74) is 2.56. The molecule has 0 amide bonds. The quantitative estimate of drug-likeness (QED) is 0.628. The first kappa shape index (κ1) is 8.98. The summed E-state index contributed by atoms with van der Waals surface area (Å²) in [5, 5.41) is 0. The molecular weight excluding hydrogens is 151 g/mol. The monoisotopic (exact) mass is 164 g/mol. The van der Waals surface area contributed by atoms with E-state index >= 15 is 0 Å². The molecule has 0 unspecified atom stereocenters. The fraction of sp³-hybridized carbons (Fsp3) is 0.273. The van der Waals surface area contributed by atoms with Crippen molar-refractivity contribution in [2.24, 2.45) is 0 Å².